The second-order valence-electron chi connectivity index (χ2n) is 5.56. The van der Waals surface area contributed by atoms with Gasteiger partial charge in [-0.25, -0.2) is 4.98 Å². The Hall–Kier alpha value is -2.31. The molecule has 7 heteroatoms. The molecule has 2 unspecified atom stereocenters. The van der Waals surface area contributed by atoms with Gasteiger partial charge in [-0.05, 0) is 31.4 Å². The Morgan fingerprint density at radius 3 is 3.09 bits per heavy atom. The maximum atomic E-state index is 5.28. The molecule has 22 heavy (non-hydrogen) atoms. The largest absolute Gasteiger partial charge is 0.461 e. The number of rotatable bonds is 6. The lowest BCUT2D eigenvalue weighted by Gasteiger charge is -2.10. The van der Waals surface area contributed by atoms with Crippen LogP contribution >= 0.6 is 0 Å². The zero-order valence-electron chi connectivity index (χ0n) is 13.0. The minimum absolute atomic E-state index is 0.564. The average Bonchev–Trinajstić information content (AvgIpc) is 2.94. The van der Waals surface area contributed by atoms with Crippen molar-refractivity contribution in [3.05, 3.63) is 24.2 Å². The second kappa shape index (κ2) is 6.64. The number of nitrogens with zero attached hydrogens (tertiary/aromatic N) is 3. The first-order chi connectivity index (χ1) is 10.8. The molecule has 0 saturated heterocycles. The molecule has 3 rings (SSSR count). The summed E-state index contributed by atoms with van der Waals surface area (Å²) in [5.74, 6) is 3.69. The molecule has 1 aliphatic rings. The fourth-order valence-corrected chi connectivity index (χ4v) is 2.22. The van der Waals surface area contributed by atoms with Gasteiger partial charge in [0.1, 0.15) is 5.82 Å². The quantitative estimate of drug-likeness (QED) is 0.556. The summed E-state index contributed by atoms with van der Waals surface area (Å²) in [5, 5.41) is 13.8. The highest BCUT2D eigenvalue weighted by atomic mass is 16.3. The first-order valence-corrected chi connectivity index (χ1v) is 7.76. The van der Waals surface area contributed by atoms with Gasteiger partial charge in [0.25, 0.3) is 0 Å². The minimum Gasteiger partial charge on any atom is -0.461 e. The first kappa shape index (κ1) is 14.6. The van der Waals surface area contributed by atoms with E-state index in [0.29, 0.717) is 30.6 Å². The molecule has 2 aromatic heterocycles. The number of aromatic amines is 1. The Kier molecular flexibility index (Phi) is 4.41. The number of furan rings is 1. The van der Waals surface area contributed by atoms with Gasteiger partial charge < -0.3 is 15.1 Å². The van der Waals surface area contributed by atoms with Crippen molar-refractivity contribution in [2.75, 3.05) is 13.1 Å². The molecule has 2 atom stereocenters. The Morgan fingerprint density at radius 2 is 2.41 bits per heavy atom. The van der Waals surface area contributed by atoms with E-state index in [9.17, 15) is 0 Å². The van der Waals surface area contributed by atoms with E-state index in [2.05, 4.69) is 44.7 Å². The molecule has 2 aromatic rings. The van der Waals surface area contributed by atoms with Gasteiger partial charge >= 0.3 is 0 Å². The van der Waals surface area contributed by atoms with Crippen molar-refractivity contribution in [2.24, 2.45) is 10.9 Å². The van der Waals surface area contributed by atoms with E-state index in [1.807, 2.05) is 12.1 Å². The number of aliphatic imine (C=N–C) groups is 1. The SMILES string of the molecule is CCNC(=NCCc1nc(-c2ccco2)n[nH]1)NC1CC1C. The highest BCUT2D eigenvalue weighted by molar-refractivity contribution is 5.80. The molecule has 118 valence electrons. The summed E-state index contributed by atoms with van der Waals surface area (Å²) in [6.07, 6.45) is 3.55. The van der Waals surface area contributed by atoms with Crippen LogP contribution < -0.4 is 10.6 Å². The zero-order chi connectivity index (χ0) is 15.4. The minimum atomic E-state index is 0.564. The molecular formula is C15H22N6O. The normalized spacial score (nSPS) is 20.9. The van der Waals surface area contributed by atoms with Crippen LogP contribution in [0.15, 0.2) is 27.8 Å². The van der Waals surface area contributed by atoms with Crippen LogP contribution in [-0.4, -0.2) is 40.3 Å². The van der Waals surface area contributed by atoms with Crippen LogP contribution in [0.5, 0.6) is 0 Å². The van der Waals surface area contributed by atoms with Crippen molar-refractivity contribution < 1.29 is 4.42 Å². The number of nitrogens with one attached hydrogen (secondary N) is 3. The Balaban J connectivity index is 1.53. The van der Waals surface area contributed by atoms with E-state index >= 15 is 0 Å². The van der Waals surface area contributed by atoms with Crippen molar-refractivity contribution in [1.82, 2.24) is 25.8 Å². The summed E-state index contributed by atoms with van der Waals surface area (Å²) in [6.45, 7) is 5.83. The van der Waals surface area contributed by atoms with Gasteiger partial charge in [0.05, 0.1) is 6.26 Å². The monoisotopic (exact) mass is 302 g/mol. The van der Waals surface area contributed by atoms with Crippen LogP contribution in [-0.2, 0) is 6.42 Å². The summed E-state index contributed by atoms with van der Waals surface area (Å²) in [5.41, 5.74) is 0. The Morgan fingerprint density at radius 1 is 1.55 bits per heavy atom. The fraction of sp³-hybridized carbons (Fsp3) is 0.533. The molecule has 0 spiro atoms. The summed E-state index contributed by atoms with van der Waals surface area (Å²) in [4.78, 5) is 8.99. The smallest absolute Gasteiger partial charge is 0.216 e. The zero-order valence-corrected chi connectivity index (χ0v) is 13.0. The van der Waals surface area contributed by atoms with E-state index < -0.39 is 0 Å². The molecule has 0 aromatic carbocycles. The van der Waals surface area contributed by atoms with Crippen LogP contribution in [0.2, 0.25) is 0 Å². The van der Waals surface area contributed by atoms with Crippen LogP contribution in [0.3, 0.4) is 0 Å². The molecule has 1 saturated carbocycles. The lowest BCUT2D eigenvalue weighted by atomic mass is 10.4. The lowest BCUT2D eigenvalue weighted by Crippen LogP contribution is -2.39. The van der Waals surface area contributed by atoms with E-state index in [0.717, 1.165) is 24.2 Å². The van der Waals surface area contributed by atoms with Crippen molar-refractivity contribution in [3.8, 4) is 11.6 Å². The predicted molar refractivity (Wildman–Crippen MR) is 84.5 cm³/mol. The van der Waals surface area contributed by atoms with Crippen molar-refractivity contribution in [1.29, 1.82) is 0 Å². The molecule has 0 radical (unpaired) electrons. The van der Waals surface area contributed by atoms with Crippen LogP contribution in [0, 0.1) is 5.92 Å². The molecule has 2 heterocycles. The van der Waals surface area contributed by atoms with E-state index in [4.69, 9.17) is 4.42 Å². The van der Waals surface area contributed by atoms with Crippen molar-refractivity contribution in [3.63, 3.8) is 0 Å². The topological polar surface area (TPSA) is 91.1 Å². The summed E-state index contributed by atoms with van der Waals surface area (Å²) >= 11 is 0. The van der Waals surface area contributed by atoms with Crippen molar-refractivity contribution >= 4 is 5.96 Å². The van der Waals surface area contributed by atoms with Gasteiger partial charge in [0.15, 0.2) is 11.7 Å². The molecule has 0 bridgehead atoms. The highest BCUT2D eigenvalue weighted by Crippen LogP contribution is 2.28. The summed E-state index contributed by atoms with van der Waals surface area (Å²) < 4.78 is 5.28. The van der Waals surface area contributed by atoms with E-state index in [1.54, 1.807) is 6.26 Å². The molecular weight excluding hydrogens is 280 g/mol. The number of hydrogen-bond donors (Lipinski definition) is 3. The average molecular weight is 302 g/mol. The molecule has 0 amide bonds. The molecule has 1 fully saturated rings. The standard InChI is InChI=1S/C15H22N6O/c1-3-16-15(18-11-9-10(11)2)17-7-6-13-19-14(21-20-13)12-5-4-8-22-12/h4-5,8,10-11H,3,6-7,9H2,1-2H3,(H2,16,17,18)(H,19,20,21). The third-order valence-corrected chi connectivity index (χ3v) is 3.67. The maximum Gasteiger partial charge on any atom is 0.216 e. The third-order valence-electron chi connectivity index (χ3n) is 3.67. The van der Waals surface area contributed by atoms with Crippen LogP contribution in [0.1, 0.15) is 26.1 Å². The number of H-pyrrole nitrogens is 1. The summed E-state index contributed by atoms with van der Waals surface area (Å²) in [7, 11) is 0. The van der Waals surface area contributed by atoms with Gasteiger partial charge in [-0.2, -0.15) is 5.10 Å². The van der Waals surface area contributed by atoms with Crippen LogP contribution in [0.25, 0.3) is 11.6 Å². The second-order valence-corrected chi connectivity index (χ2v) is 5.56. The fourth-order valence-electron chi connectivity index (χ4n) is 2.22. The first-order valence-electron chi connectivity index (χ1n) is 7.76. The molecule has 3 N–H and O–H groups in total. The van der Waals surface area contributed by atoms with Crippen molar-refractivity contribution in [2.45, 2.75) is 32.7 Å². The number of guanidine groups is 1. The van der Waals surface area contributed by atoms with E-state index in [1.165, 1.54) is 6.42 Å². The van der Waals surface area contributed by atoms with Gasteiger partial charge in [0, 0.05) is 25.6 Å². The van der Waals surface area contributed by atoms with Crippen LogP contribution in [0.4, 0.5) is 0 Å². The number of hydrogen-bond acceptors (Lipinski definition) is 4. The van der Waals surface area contributed by atoms with Gasteiger partial charge in [-0.1, -0.05) is 6.92 Å². The molecule has 0 aliphatic heterocycles. The predicted octanol–water partition coefficient (Wildman–Crippen LogP) is 1.57. The van der Waals surface area contributed by atoms with Gasteiger partial charge in [-0.3, -0.25) is 10.1 Å². The number of aromatic nitrogens is 3. The van der Waals surface area contributed by atoms with Gasteiger partial charge in [0.2, 0.25) is 5.82 Å². The third kappa shape index (κ3) is 3.66. The Bertz CT molecular complexity index is 618. The molecule has 1 aliphatic carbocycles. The van der Waals surface area contributed by atoms with Gasteiger partial charge in [-0.15, -0.1) is 0 Å². The molecule has 7 nitrogen and oxygen atoms in total. The maximum absolute atomic E-state index is 5.28. The summed E-state index contributed by atoms with van der Waals surface area (Å²) in [6, 6.07) is 4.23. The highest BCUT2D eigenvalue weighted by Gasteiger charge is 2.33. The Labute approximate surface area is 129 Å². The lowest BCUT2D eigenvalue weighted by molar-refractivity contribution is 0.577. The van der Waals surface area contributed by atoms with E-state index in [-0.39, 0.29) is 0 Å².